The summed E-state index contributed by atoms with van der Waals surface area (Å²) in [6.45, 7) is 6.75. The molecule has 2 aliphatic heterocycles. The van der Waals surface area contributed by atoms with E-state index in [4.69, 9.17) is 4.74 Å². The van der Waals surface area contributed by atoms with Crippen molar-refractivity contribution < 1.29 is 9.53 Å². The van der Waals surface area contributed by atoms with E-state index in [0.29, 0.717) is 42.8 Å². The van der Waals surface area contributed by atoms with E-state index < -0.39 is 0 Å². The van der Waals surface area contributed by atoms with Crippen LogP contribution in [0.4, 0.5) is 5.69 Å². The molecule has 6 nitrogen and oxygen atoms in total. The summed E-state index contributed by atoms with van der Waals surface area (Å²) in [4.78, 5) is 22.5. The van der Waals surface area contributed by atoms with Gasteiger partial charge >= 0.3 is 0 Å². The van der Waals surface area contributed by atoms with Crippen LogP contribution in [0.2, 0.25) is 0 Å². The number of hydrogen-bond acceptors (Lipinski definition) is 5. The summed E-state index contributed by atoms with van der Waals surface area (Å²) in [6, 6.07) is 15.1. The number of carbonyl (C=O) groups is 1. The van der Waals surface area contributed by atoms with Crippen molar-refractivity contribution in [1.29, 1.82) is 0 Å². The van der Waals surface area contributed by atoms with Crippen molar-refractivity contribution in [2.45, 2.75) is 57.8 Å². The lowest BCUT2D eigenvalue weighted by molar-refractivity contribution is 0.0627. The summed E-state index contributed by atoms with van der Waals surface area (Å²) in [5.74, 6) is 0.417. The highest BCUT2D eigenvalue weighted by atomic mass is 16.5. The fraction of sp³-hybridized carbons (Fsp3) is 0.500. The first-order valence-corrected chi connectivity index (χ1v) is 11.0. The molecule has 1 saturated heterocycles. The van der Waals surface area contributed by atoms with E-state index >= 15 is 0 Å². The highest BCUT2D eigenvalue weighted by Gasteiger charge is 2.37. The normalized spacial score (nSPS) is 22.2. The Kier molecular flexibility index (Phi) is 6.23. The predicted octanol–water partition coefficient (Wildman–Crippen LogP) is 3.79. The highest BCUT2D eigenvalue weighted by molar-refractivity contribution is 5.92. The van der Waals surface area contributed by atoms with Gasteiger partial charge in [-0.3, -0.25) is 9.69 Å². The lowest BCUT2D eigenvalue weighted by Crippen LogP contribution is -2.48. The van der Waals surface area contributed by atoms with Crippen molar-refractivity contribution in [3.63, 3.8) is 0 Å². The lowest BCUT2D eigenvalue weighted by atomic mass is 10.1. The van der Waals surface area contributed by atoms with E-state index in [1.807, 2.05) is 23.1 Å². The van der Waals surface area contributed by atoms with E-state index in [9.17, 15) is 4.79 Å². The Labute approximate surface area is 179 Å². The Hall–Kier alpha value is -2.60. The molecular formula is C24H32N4O2. The predicted molar refractivity (Wildman–Crippen MR) is 119 cm³/mol. The lowest BCUT2D eigenvalue weighted by Gasteiger charge is -2.36. The largest absolute Gasteiger partial charge is 0.481 e. The molecule has 1 N–H and O–H groups in total. The van der Waals surface area contributed by atoms with E-state index in [1.165, 1.54) is 6.42 Å². The monoisotopic (exact) mass is 408 g/mol. The van der Waals surface area contributed by atoms with Crippen molar-refractivity contribution in [3.8, 4) is 5.88 Å². The van der Waals surface area contributed by atoms with Gasteiger partial charge in [-0.2, -0.15) is 0 Å². The highest BCUT2D eigenvalue weighted by Crippen LogP contribution is 2.31. The molecule has 0 spiro atoms. The quantitative estimate of drug-likeness (QED) is 0.837. The third kappa shape index (κ3) is 4.29. The summed E-state index contributed by atoms with van der Waals surface area (Å²) in [5, 5.41) is 3.62. The number of hydrogen-bond donors (Lipinski definition) is 1. The van der Waals surface area contributed by atoms with Gasteiger partial charge in [-0.1, -0.05) is 24.3 Å². The molecule has 0 unspecified atom stereocenters. The van der Waals surface area contributed by atoms with E-state index in [0.717, 1.165) is 30.6 Å². The van der Waals surface area contributed by atoms with Crippen molar-refractivity contribution in [3.05, 3.63) is 53.7 Å². The first kappa shape index (κ1) is 20.7. The number of pyridine rings is 1. The minimum Gasteiger partial charge on any atom is -0.481 e. The van der Waals surface area contributed by atoms with Crippen molar-refractivity contribution >= 4 is 11.6 Å². The molecule has 30 heavy (non-hydrogen) atoms. The molecule has 1 aromatic carbocycles. The third-order valence-electron chi connectivity index (χ3n) is 6.31. The number of nitrogens with one attached hydrogen (secondary N) is 1. The van der Waals surface area contributed by atoms with Crippen molar-refractivity contribution in [1.82, 2.24) is 14.8 Å². The topological polar surface area (TPSA) is 57.7 Å². The van der Waals surface area contributed by atoms with Gasteiger partial charge in [0.25, 0.3) is 5.91 Å². The van der Waals surface area contributed by atoms with Crippen LogP contribution in [0.5, 0.6) is 5.88 Å². The Morgan fingerprint density at radius 3 is 2.70 bits per heavy atom. The first-order valence-electron chi connectivity index (χ1n) is 11.0. The molecule has 1 amide bonds. The molecule has 2 aromatic rings. The van der Waals surface area contributed by atoms with E-state index in [1.54, 1.807) is 19.2 Å². The second-order valence-corrected chi connectivity index (χ2v) is 8.55. The SMILES string of the molecule is COc1cccc(C(=O)N2Cc3ccccc3NCC[C@H]3CC[C@@H](C2)N3C(C)C)n1. The van der Waals surface area contributed by atoms with Gasteiger partial charge in [0.05, 0.1) is 7.11 Å². The van der Waals surface area contributed by atoms with Gasteiger partial charge in [0.1, 0.15) is 5.69 Å². The zero-order chi connectivity index (χ0) is 21.1. The Balaban J connectivity index is 1.69. The minimum absolute atomic E-state index is 0.0462. The summed E-state index contributed by atoms with van der Waals surface area (Å²) in [7, 11) is 1.57. The fourth-order valence-corrected chi connectivity index (χ4v) is 5.00. The van der Waals surface area contributed by atoms with Crippen LogP contribution in [-0.4, -0.2) is 59.0 Å². The molecule has 0 aliphatic carbocycles. The maximum atomic E-state index is 13.5. The maximum Gasteiger partial charge on any atom is 0.272 e. The Morgan fingerprint density at radius 1 is 1.10 bits per heavy atom. The van der Waals surface area contributed by atoms with Crippen LogP contribution >= 0.6 is 0 Å². The molecule has 160 valence electrons. The van der Waals surface area contributed by atoms with Gasteiger partial charge in [-0.05, 0) is 50.8 Å². The summed E-state index contributed by atoms with van der Waals surface area (Å²) in [6.07, 6.45) is 3.43. The van der Waals surface area contributed by atoms with Crippen molar-refractivity contribution in [2.24, 2.45) is 0 Å². The van der Waals surface area contributed by atoms with Crippen LogP contribution in [-0.2, 0) is 6.54 Å². The molecule has 1 fully saturated rings. The number of aromatic nitrogens is 1. The molecule has 2 bridgehead atoms. The Morgan fingerprint density at radius 2 is 1.90 bits per heavy atom. The summed E-state index contributed by atoms with van der Waals surface area (Å²) >= 11 is 0. The zero-order valence-corrected chi connectivity index (χ0v) is 18.2. The number of nitrogens with zero attached hydrogens (tertiary/aromatic N) is 3. The minimum atomic E-state index is -0.0462. The number of anilines is 1. The number of methoxy groups -OCH3 is 1. The molecule has 0 saturated carbocycles. The number of amides is 1. The molecule has 2 atom stereocenters. The average molecular weight is 409 g/mol. The van der Waals surface area contributed by atoms with Gasteiger partial charge in [0, 0.05) is 49.5 Å². The standard InChI is InChI=1S/C24H32N4O2/c1-17(2)28-19-11-12-20(28)16-27(24(29)22-9-6-10-23(26-22)30-3)15-18-7-4-5-8-21(18)25-14-13-19/h4-10,17,19-20,25H,11-16H2,1-3H3/t19-,20+/m1/s1. The smallest absolute Gasteiger partial charge is 0.272 e. The molecule has 3 heterocycles. The Bertz CT molecular complexity index is 885. The van der Waals surface area contributed by atoms with Gasteiger partial charge in [0.15, 0.2) is 0 Å². The maximum absolute atomic E-state index is 13.5. The molecule has 1 aromatic heterocycles. The van der Waals surface area contributed by atoms with Crippen LogP contribution < -0.4 is 10.1 Å². The second kappa shape index (κ2) is 9.04. The van der Waals surface area contributed by atoms with Gasteiger partial charge < -0.3 is 15.0 Å². The van der Waals surface area contributed by atoms with Crippen LogP contribution in [0.1, 0.15) is 49.2 Å². The first-order chi connectivity index (χ1) is 14.6. The molecule has 6 heteroatoms. The molecular weight excluding hydrogens is 376 g/mol. The van der Waals surface area contributed by atoms with Crippen LogP contribution in [0.15, 0.2) is 42.5 Å². The van der Waals surface area contributed by atoms with Gasteiger partial charge in [-0.25, -0.2) is 4.98 Å². The van der Waals surface area contributed by atoms with Crippen molar-refractivity contribution in [2.75, 3.05) is 25.5 Å². The molecule has 2 aliphatic rings. The van der Waals surface area contributed by atoms with Gasteiger partial charge in [-0.15, -0.1) is 0 Å². The molecule has 0 radical (unpaired) electrons. The number of rotatable bonds is 3. The van der Waals surface area contributed by atoms with Crippen LogP contribution in [0, 0.1) is 0 Å². The zero-order valence-electron chi connectivity index (χ0n) is 18.2. The van der Waals surface area contributed by atoms with Crippen LogP contribution in [0.3, 0.4) is 0 Å². The summed E-state index contributed by atoms with van der Waals surface area (Å²) < 4.78 is 5.24. The third-order valence-corrected chi connectivity index (χ3v) is 6.31. The molecule has 4 rings (SSSR count). The number of benzene rings is 1. The summed E-state index contributed by atoms with van der Waals surface area (Å²) in [5.41, 5.74) is 2.69. The van der Waals surface area contributed by atoms with Crippen LogP contribution in [0.25, 0.3) is 0 Å². The van der Waals surface area contributed by atoms with E-state index in [2.05, 4.69) is 41.2 Å². The van der Waals surface area contributed by atoms with E-state index in [-0.39, 0.29) is 5.91 Å². The number of fused-ring (bicyclic) bond motifs is 3. The second-order valence-electron chi connectivity index (χ2n) is 8.55. The fourth-order valence-electron chi connectivity index (χ4n) is 5.00. The number of carbonyl (C=O) groups excluding carboxylic acids is 1. The average Bonchev–Trinajstić information content (AvgIpc) is 3.14. The number of para-hydroxylation sites is 1. The number of ether oxygens (including phenoxy) is 1. The van der Waals surface area contributed by atoms with Gasteiger partial charge in [0.2, 0.25) is 5.88 Å².